The van der Waals surface area contributed by atoms with Gasteiger partial charge in [0.1, 0.15) is 0 Å². The first-order chi connectivity index (χ1) is 22.1. The number of benzene rings is 7. The zero-order valence-electron chi connectivity index (χ0n) is 24.9. The molecule has 0 spiro atoms. The Morgan fingerprint density at radius 1 is 0.422 bits per heavy atom. The van der Waals surface area contributed by atoms with Crippen LogP contribution >= 0.6 is 0 Å². The maximum Gasteiger partial charge on any atom is 0.0626 e. The van der Waals surface area contributed by atoms with Crippen molar-refractivity contribution in [1.82, 2.24) is 8.80 Å². The van der Waals surface area contributed by atoms with E-state index in [0.29, 0.717) is 0 Å². The fraction of sp³-hybridized carbons (Fsp3) is 0.0698. The predicted molar refractivity (Wildman–Crippen MR) is 191 cm³/mol. The second-order valence-electron chi connectivity index (χ2n) is 13.7. The number of rotatable bonds is 0. The molecular weight excluding hydrogens is 544 g/mol. The third kappa shape index (κ3) is 2.37. The van der Waals surface area contributed by atoms with Crippen molar-refractivity contribution in [3.05, 3.63) is 132 Å². The molecule has 0 unspecified atom stereocenters. The van der Waals surface area contributed by atoms with Crippen LogP contribution in [0.5, 0.6) is 0 Å². The van der Waals surface area contributed by atoms with Gasteiger partial charge in [-0.15, -0.1) is 0 Å². The van der Waals surface area contributed by atoms with Gasteiger partial charge in [-0.3, -0.25) is 0 Å². The van der Waals surface area contributed by atoms with Gasteiger partial charge in [0, 0.05) is 48.5 Å². The molecule has 4 aromatic heterocycles. The molecule has 0 saturated heterocycles. The van der Waals surface area contributed by atoms with Crippen LogP contribution in [0.15, 0.2) is 121 Å². The van der Waals surface area contributed by atoms with E-state index in [1.807, 2.05) is 0 Å². The van der Waals surface area contributed by atoms with Crippen LogP contribution in [-0.2, 0) is 5.41 Å². The van der Waals surface area contributed by atoms with E-state index in [4.69, 9.17) is 0 Å². The van der Waals surface area contributed by atoms with Crippen molar-refractivity contribution in [3.63, 3.8) is 0 Å². The molecule has 2 nitrogen and oxygen atoms in total. The van der Waals surface area contributed by atoms with Gasteiger partial charge in [-0.2, -0.15) is 0 Å². The van der Waals surface area contributed by atoms with Gasteiger partial charge in [0.2, 0.25) is 0 Å². The topological polar surface area (TPSA) is 8.82 Å². The summed E-state index contributed by atoms with van der Waals surface area (Å²) in [5, 5.41) is 13.4. The van der Waals surface area contributed by atoms with E-state index < -0.39 is 0 Å². The number of fused-ring (bicyclic) bond motifs is 18. The molecule has 0 saturated carbocycles. The largest absolute Gasteiger partial charge is 0.308 e. The van der Waals surface area contributed by atoms with E-state index in [0.717, 1.165) is 0 Å². The zero-order valence-corrected chi connectivity index (χ0v) is 24.9. The number of aromatic nitrogens is 2. The van der Waals surface area contributed by atoms with E-state index in [2.05, 4.69) is 144 Å². The van der Waals surface area contributed by atoms with E-state index >= 15 is 0 Å². The molecule has 0 atom stereocenters. The molecule has 208 valence electrons. The first-order valence-corrected chi connectivity index (χ1v) is 16.0. The lowest BCUT2D eigenvalue weighted by Gasteiger charge is -2.21. The van der Waals surface area contributed by atoms with E-state index in [9.17, 15) is 0 Å². The highest BCUT2D eigenvalue weighted by Gasteiger charge is 2.38. The highest BCUT2D eigenvalue weighted by molar-refractivity contribution is 6.34. The maximum absolute atomic E-state index is 2.56. The Morgan fingerprint density at radius 3 is 1.89 bits per heavy atom. The second kappa shape index (κ2) is 7.20. The monoisotopic (exact) mass is 570 g/mol. The Labute approximate surface area is 258 Å². The SMILES string of the molecule is CC1(C)c2ccccc2-c2c1cc1c3cc4c5c6ccccc6cc6c7ccccc7n(c4cc3n3c4ccccc4c2c13)c65. The Kier molecular flexibility index (Phi) is 3.66. The van der Waals surface area contributed by atoms with Crippen molar-refractivity contribution in [2.24, 2.45) is 0 Å². The minimum atomic E-state index is -0.0711. The highest BCUT2D eigenvalue weighted by Crippen LogP contribution is 2.56. The average molecular weight is 571 g/mol. The Morgan fingerprint density at radius 2 is 1.04 bits per heavy atom. The Balaban J connectivity index is 1.38. The summed E-state index contributed by atoms with van der Waals surface area (Å²) in [6, 6.07) is 45.9. The summed E-state index contributed by atoms with van der Waals surface area (Å²) in [6.07, 6.45) is 0. The van der Waals surface area contributed by atoms with Gasteiger partial charge in [0.25, 0.3) is 0 Å². The first-order valence-electron chi connectivity index (χ1n) is 16.0. The molecule has 0 bridgehead atoms. The van der Waals surface area contributed by atoms with Crippen molar-refractivity contribution >= 4 is 87.0 Å². The van der Waals surface area contributed by atoms with Crippen LogP contribution in [0.3, 0.4) is 0 Å². The van der Waals surface area contributed by atoms with Gasteiger partial charge >= 0.3 is 0 Å². The summed E-state index contributed by atoms with van der Waals surface area (Å²) in [7, 11) is 0. The standard InChI is InChI=1S/C43H26N2/c1-43(2)32-16-8-5-14-26(32)39-33(43)21-30-28-20-31-37(22-36(28)45-35-18-10-7-15-27(35)40(39)42(30)45)44-34-17-9-6-13-25(34)29-19-23-11-3-4-12-24(23)38(31)41(29)44/h3-22H,1-2H3. The van der Waals surface area contributed by atoms with Crippen LogP contribution in [0.2, 0.25) is 0 Å². The van der Waals surface area contributed by atoms with Crippen molar-refractivity contribution in [1.29, 1.82) is 0 Å². The maximum atomic E-state index is 2.56. The molecule has 7 aromatic carbocycles. The molecule has 45 heavy (non-hydrogen) atoms. The first kappa shape index (κ1) is 22.9. The molecular formula is C43H26N2. The molecule has 0 radical (unpaired) electrons. The van der Waals surface area contributed by atoms with Crippen molar-refractivity contribution in [3.8, 4) is 11.1 Å². The fourth-order valence-corrected chi connectivity index (χ4v) is 9.46. The average Bonchev–Trinajstić information content (AvgIpc) is 3.83. The lowest BCUT2D eigenvalue weighted by molar-refractivity contribution is 0.661. The lowest BCUT2D eigenvalue weighted by atomic mass is 9.81. The molecule has 11 aromatic rings. The zero-order chi connectivity index (χ0) is 29.3. The van der Waals surface area contributed by atoms with Crippen molar-refractivity contribution in [2.75, 3.05) is 0 Å². The number of nitrogens with zero attached hydrogens (tertiary/aromatic N) is 2. The molecule has 0 fully saturated rings. The van der Waals surface area contributed by atoms with Gasteiger partial charge in [0.05, 0.1) is 33.1 Å². The van der Waals surface area contributed by atoms with Crippen LogP contribution in [0.25, 0.3) is 98.1 Å². The fourth-order valence-electron chi connectivity index (χ4n) is 9.46. The molecule has 0 amide bonds. The summed E-state index contributed by atoms with van der Waals surface area (Å²) in [5.74, 6) is 0. The third-order valence-electron chi connectivity index (χ3n) is 11.3. The van der Waals surface area contributed by atoms with Gasteiger partial charge in [0.15, 0.2) is 0 Å². The Bertz CT molecular complexity index is 3110. The molecule has 0 N–H and O–H groups in total. The second-order valence-corrected chi connectivity index (χ2v) is 13.7. The molecule has 1 aliphatic carbocycles. The quantitative estimate of drug-likeness (QED) is 0.171. The van der Waals surface area contributed by atoms with E-state index in [-0.39, 0.29) is 5.41 Å². The van der Waals surface area contributed by atoms with Crippen molar-refractivity contribution < 1.29 is 0 Å². The summed E-state index contributed by atoms with van der Waals surface area (Å²) in [6.45, 7) is 4.80. The van der Waals surface area contributed by atoms with E-state index in [1.54, 1.807) is 0 Å². The third-order valence-corrected chi connectivity index (χ3v) is 11.3. The summed E-state index contributed by atoms with van der Waals surface area (Å²) in [5.41, 5.74) is 13.4. The number of para-hydroxylation sites is 2. The molecule has 12 rings (SSSR count). The predicted octanol–water partition coefficient (Wildman–Crippen LogP) is 11.4. The van der Waals surface area contributed by atoms with Crippen LogP contribution in [0, 0.1) is 0 Å². The highest BCUT2D eigenvalue weighted by atomic mass is 14.9. The molecule has 2 heteroatoms. The number of hydrogen-bond acceptors (Lipinski definition) is 0. The summed E-state index contributed by atoms with van der Waals surface area (Å²) in [4.78, 5) is 0. The van der Waals surface area contributed by atoms with Crippen LogP contribution in [-0.4, -0.2) is 8.80 Å². The van der Waals surface area contributed by atoms with Gasteiger partial charge in [-0.05, 0) is 69.4 Å². The molecule has 4 heterocycles. The molecule has 1 aliphatic rings. The van der Waals surface area contributed by atoms with Crippen molar-refractivity contribution in [2.45, 2.75) is 19.3 Å². The summed E-state index contributed by atoms with van der Waals surface area (Å²) >= 11 is 0. The smallest absolute Gasteiger partial charge is 0.0626 e. The lowest BCUT2D eigenvalue weighted by Crippen LogP contribution is -2.14. The number of hydrogen-bond donors (Lipinski definition) is 0. The van der Waals surface area contributed by atoms with Gasteiger partial charge in [-0.25, -0.2) is 0 Å². The normalized spacial score (nSPS) is 14.6. The summed E-state index contributed by atoms with van der Waals surface area (Å²) < 4.78 is 5.10. The van der Waals surface area contributed by atoms with Crippen LogP contribution in [0.4, 0.5) is 0 Å². The van der Waals surface area contributed by atoms with Crippen LogP contribution in [0.1, 0.15) is 25.0 Å². The minimum Gasteiger partial charge on any atom is -0.308 e. The molecule has 0 aliphatic heterocycles. The minimum absolute atomic E-state index is 0.0711. The van der Waals surface area contributed by atoms with Gasteiger partial charge in [-0.1, -0.05) is 98.8 Å². The van der Waals surface area contributed by atoms with E-state index in [1.165, 1.54) is 109 Å². The Hall–Kier alpha value is -5.60. The van der Waals surface area contributed by atoms with Gasteiger partial charge < -0.3 is 8.80 Å². The van der Waals surface area contributed by atoms with Crippen LogP contribution < -0.4 is 0 Å².